The highest BCUT2D eigenvalue weighted by Crippen LogP contribution is 2.18. The van der Waals surface area contributed by atoms with Crippen molar-refractivity contribution in [1.82, 2.24) is 10.2 Å². The molecule has 106 valence electrons. The standard InChI is InChI=1S/C14H19FN2O.ClH/c1-10(12-7-16-8-12)14(18)17(2)9-11-3-5-13(15)6-4-11;/h3-6,10,12,16H,7-9H2,1-2H3;1H. The van der Waals surface area contributed by atoms with Gasteiger partial charge in [-0.2, -0.15) is 0 Å². The number of benzene rings is 1. The number of halogens is 2. The third-order valence-corrected chi connectivity index (χ3v) is 3.62. The lowest BCUT2D eigenvalue weighted by atomic mass is 9.88. The SMILES string of the molecule is CC(C(=O)N(C)Cc1ccc(F)cc1)C1CNC1.Cl. The fourth-order valence-corrected chi connectivity index (χ4v) is 2.16. The smallest absolute Gasteiger partial charge is 0.225 e. The molecule has 0 saturated carbocycles. The summed E-state index contributed by atoms with van der Waals surface area (Å²) in [4.78, 5) is 13.9. The summed E-state index contributed by atoms with van der Waals surface area (Å²) in [6, 6.07) is 6.28. The van der Waals surface area contributed by atoms with Crippen LogP contribution in [0.15, 0.2) is 24.3 Å². The average molecular weight is 287 g/mol. The number of hydrogen-bond acceptors (Lipinski definition) is 2. The molecule has 1 aliphatic rings. The second kappa shape index (κ2) is 6.87. The lowest BCUT2D eigenvalue weighted by Gasteiger charge is -2.34. The minimum Gasteiger partial charge on any atom is -0.341 e. The maximum atomic E-state index is 12.8. The van der Waals surface area contributed by atoms with E-state index in [1.165, 1.54) is 12.1 Å². The lowest BCUT2D eigenvalue weighted by Crippen LogP contribution is -2.49. The Morgan fingerprint density at radius 1 is 1.42 bits per heavy atom. The zero-order chi connectivity index (χ0) is 13.1. The highest BCUT2D eigenvalue weighted by atomic mass is 35.5. The van der Waals surface area contributed by atoms with E-state index in [1.807, 2.05) is 6.92 Å². The first kappa shape index (κ1) is 15.9. The van der Waals surface area contributed by atoms with E-state index in [-0.39, 0.29) is 30.0 Å². The first-order valence-corrected chi connectivity index (χ1v) is 6.28. The Bertz CT molecular complexity index is 420. The summed E-state index contributed by atoms with van der Waals surface area (Å²) in [5.41, 5.74) is 0.950. The number of rotatable bonds is 4. The average Bonchev–Trinajstić information content (AvgIpc) is 2.28. The van der Waals surface area contributed by atoms with Crippen LogP contribution in [0.2, 0.25) is 0 Å². The van der Waals surface area contributed by atoms with Crippen molar-refractivity contribution in [1.29, 1.82) is 0 Å². The third-order valence-electron chi connectivity index (χ3n) is 3.62. The fraction of sp³-hybridized carbons (Fsp3) is 0.500. The highest BCUT2D eigenvalue weighted by Gasteiger charge is 2.30. The molecule has 1 atom stereocenters. The predicted octanol–water partition coefficient (Wildman–Crippen LogP) is 2.06. The summed E-state index contributed by atoms with van der Waals surface area (Å²) in [6.07, 6.45) is 0. The van der Waals surface area contributed by atoms with Gasteiger partial charge < -0.3 is 10.2 Å². The van der Waals surface area contributed by atoms with Gasteiger partial charge in [0.2, 0.25) is 5.91 Å². The van der Waals surface area contributed by atoms with Gasteiger partial charge in [0.1, 0.15) is 5.82 Å². The van der Waals surface area contributed by atoms with Crippen LogP contribution >= 0.6 is 12.4 Å². The number of carbonyl (C=O) groups excluding carboxylic acids is 1. The third kappa shape index (κ3) is 3.91. The molecule has 1 aliphatic heterocycles. The maximum absolute atomic E-state index is 12.8. The van der Waals surface area contributed by atoms with Gasteiger partial charge in [-0.25, -0.2) is 4.39 Å². The largest absolute Gasteiger partial charge is 0.341 e. The van der Waals surface area contributed by atoms with Crippen molar-refractivity contribution in [3.63, 3.8) is 0 Å². The number of carbonyl (C=O) groups is 1. The molecule has 0 bridgehead atoms. The summed E-state index contributed by atoms with van der Waals surface area (Å²) < 4.78 is 12.8. The maximum Gasteiger partial charge on any atom is 0.225 e. The highest BCUT2D eigenvalue weighted by molar-refractivity contribution is 5.85. The molecule has 19 heavy (non-hydrogen) atoms. The van der Waals surface area contributed by atoms with E-state index in [9.17, 15) is 9.18 Å². The van der Waals surface area contributed by atoms with E-state index in [4.69, 9.17) is 0 Å². The van der Waals surface area contributed by atoms with E-state index < -0.39 is 0 Å². The van der Waals surface area contributed by atoms with Crippen LogP contribution < -0.4 is 5.32 Å². The van der Waals surface area contributed by atoms with E-state index >= 15 is 0 Å². The van der Waals surface area contributed by atoms with E-state index in [1.54, 1.807) is 24.1 Å². The molecule has 0 aromatic heterocycles. The normalized spacial score (nSPS) is 16.2. The van der Waals surface area contributed by atoms with Gasteiger partial charge in [0.25, 0.3) is 0 Å². The molecule has 2 rings (SSSR count). The number of nitrogens with one attached hydrogen (secondary N) is 1. The molecule has 1 aromatic carbocycles. The lowest BCUT2D eigenvalue weighted by molar-refractivity contribution is -0.136. The van der Waals surface area contributed by atoms with Crippen LogP contribution in [-0.2, 0) is 11.3 Å². The van der Waals surface area contributed by atoms with Crippen molar-refractivity contribution in [2.45, 2.75) is 13.5 Å². The topological polar surface area (TPSA) is 32.3 Å². The Morgan fingerprint density at radius 3 is 2.47 bits per heavy atom. The van der Waals surface area contributed by atoms with Crippen molar-refractivity contribution in [3.8, 4) is 0 Å². The van der Waals surface area contributed by atoms with Gasteiger partial charge >= 0.3 is 0 Å². The summed E-state index contributed by atoms with van der Waals surface area (Å²) in [5, 5.41) is 3.18. The second-order valence-corrected chi connectivity index (χ2v) is 5.03. The monoisotopic (exact) mass is 286 g/mol. The molecule has 1 heterocycles. The van der Waals surface area contributed by atoms with Crippen LogP contribution in [0.4, 0.5) is 4.39 Å². The summed E-state index contributed by atoms with van der Waals surface area (Å²) in [5.74, 6) is 0.414. The molecule has 1 fully saturated rings. The zero-order valence-corrected chi connectivity index (χ0v) is 12.0. The Kier molecular flexibility index (Phi) is 5.76. The fourth-order valence-electron chi connectivity index (χ4n) is 2.16. The second-order valence-electron chi connectivity index (χ2n) is 5.03. The number of hydrogen-bond donors (Lipinski definition) is 1. The van der Waals surface area contributed by atoms with E-state index in [0.717, 1.165) is 18.7 Å². The van der Waals surface area contributed by atoms with Gasteiger partial charge in [-0.3, -0.25) is 4.79 Å². The summed E-state index contributed by atoms with van der Waals surface area (Å²) in [7, 11) is 1.80. The molecular formula is C14H20ClFN2O. The molecule has 1 saturated heterocycles. The molecule has 1 unspecified atom stereocenters. The Hall–Kier alpha value is -1.13. The van der Waals surface area contributed by atoms with Gasteiger partial charge in [-0.15, -0.1) is 12.4 Å². The van der Waals surface area contributed by atoms with Crippen LogP contribution in [0.25, 0.3) is 0 Å². The van der Waals surface area contributed by atoms with Crippen LogP contribution in [0, 0.1) is 17.7 Å². The van der Waals surface area contributed by atoms with Gasteiger partial charge in [0.15, 0.2) is 0 Å². The molecule has 1 aromatic rings. The zero-order valence-electron chi connectivity index (χ0n) is 11.2. The number of nitrogens with zero attached hydrogens (tertiary/aromatic N) is 1. The van der Waals surface area contributed by atoms with Crippen LogP contribution in [0.5, 0.6) is 0 Å². The number of amides is 1. The van der Waals surface area contributed by atoms with Gasteiger partial charge in [0.05, 0.1) is 0 Å². The van der Waals surface area contributed by atoms with Crippen LogP contribution in [-0.4, -0.2) is 30.9 Å². The first-order chi connectivity index (χ1) is 8.58. The van der Waals surface area contributed by atoms with E-state index in [0.29, 0.717) is 12.5 Å². The quantitative estimate of drug-likeness (QED) is 0.919. The summed E-state index contributed by atoms with van der Waals surface area (Å²) >= 11 is 0. The van der Waals surface area contributed by atoms with Gasteiger partial charge in [-0.1, -0.05) is 19.1 Å². The predicted molar refractivity (Wildman–Crippen MR) is 75.6 cm³/mol. The Labute approximate surface area is 119 Å². The van der Waals surface area contributed by atoms with Crippen molar-refractivity contribution >= 4 is 18.3 Å². The van der Waals surface area contributed by atoms with Crippen molar-refractivity contribution in [2.24, 2.45) is 11.8 Å². The van der Waals surface area contributed by atoms with Crippen LogP contribution in [0.3, 0.4) is 0 Å². The minimum absolute atomic E-state index is 0. The molecule has 0 radical (unpaired) electrons. The minimum atomic E-state index is -0.248. The molecule has 1 N–H and O–H groups in total. The summed E-state index contributed by atoms with van der Waals surface area (Å²) in [6.45, 7) is 4.37. The van der Waals surface area contributed by atoms with Crippen molar-refractivity contribution < 1.29 is 9.18 Å². The van der Waals surface area contributed by atoms with Crippen molar-refractivity contribution in [2.75, 3.05) is 20.1 Å². The molecule has 0 aliphatic carbocycles. The van der Waals surface area contributed by atoms with Crippen molar-refractivity contribution in [3.05, 3.63) is 35.6 Å². The molecule has 0 spiro atoms. The van der Waals surface area contributed by atoms with Crippen LogP contribution in [0.1, 0.15) is 12.5 Å². The van der Waals surface area contributed by atoms with Gasteiger partial charge in [-0.05, 0) is 36.7 Å². The van der Waals surface area contributed by atoms with Gasteiger partial charge in [0, 0.05) is 19.5 Å². The Balaban J connectivity index is 0.00000180. The Morgan fingerprint density at radius 2 is 2.00 bits per heavy atom. The molecular weight excluding hydrogens is 267 g/mol. The molecule has 1 amide bonds. The first-order valence-electron chi connectivity index (χ1n) is 6.28. The molecule has 5 heteroatoms. The molecule has 3 nitrogen and oxygen atoms in total. The van der Waals surface area contributed by atoms with E-state index in [2.05, 4.69) is 5.32 Å².